The summed E-state index contributed by atoms with van der Waals surface area (Å²) in [6.45, 7) is -0.632. The van der Waals surface area contributed by atoms with Crippen molar-refractivity contribution >= 4 is 10.0 Å². The second-order valence-electron chi connectivity index (χ2n) is 3.70. The summed E-state index contributed by atoms with van der Waals surface area (Å²) in [5, 5.41) is 8.86. The largest absolute Gasteiger partial charge is 0.395 e. The van der Waals surface area contributed by atoms with Crippen LogP contribution in [0.1, 0.15) is 0 Å². The van der Waals surface area contributed by atoms with Crippen molar-refractivity contribution in [1.29, 1.82) is 0 Å². The highest BCUT2D eigenvalue weighted by atomic mass is 32.2. The highest BCUT2D eigenvalue weighted by Gasteiger charge is 2.27. The predicted molar refractivity (Wildman–Crippen MR) is 64.1 cm³/mol. The topological polar surface area (TPSA) is 66.8 Å². The second-order valence-corrected chi connectivity index (χ2v) is 5.60. The van der Waals surface area contributed by atoms with Crippen LogP contribution < -0.4 is 0 Å². The molecule has 1 aromatic rings. The molecule has 0 amide bonds. The summed E-state index contributed by atoms with van der Waals surface area (Å²) in [5.41, 5.74) is 0. The molecule has 1 aromatic carbocycles. The van der Waals surface area contributed by atoms with Gasteiger partial charge in [-0.05, 0) is 18.2 Å². The quantitative estimate of drug-likeness (QED) is 0.799. The van der Waals surface area contributed by atoms with Crippen molar-refractivity contribution in [3.8, 4) is 0 Å². The molecule has 8 heteroatoms. The maximum atomic E-state index is 13.5. The van der Waals surface area contributed by atoms with E-state index in [1.807, 2.05) is 0 Å². The van der Waals surface area contributed by atoms with Crippen molar-refractivity contribution in [2.75, 3.05) is 33.4 Å². The number of benzene rings is 1. The molecule has 0 aliphatic rings. The molecular formula is C11H15F2NO4S. The molecule has 0 unspecified atom stereocenters. The lowest BCUT2D eigenvalue weighted by molar-refractivity contribution is 0.168. The fourth-order valence-electron chi connectivity index (χ4n) is 1.47. The first kappa shape index (κ1) is 16.0. The summed E-state index contributed by atoms with van der Waals surface area (Å²) >= 11 is 0. The number of rotatable bonds is 7. The maximum Gasteiger partial charge on any atom is 0.246 e. The van der Waals surface area contributed by atoms with E-state index in [-0.39, 0.29) is 19.7 Å². The first-order chi connectivity index (χ1) is 8.93. The van der Waals surface area contributed by atoms with E-state index in [0.717, 1.165) is 16.4 Å². The molecule has 0 saturated carbocycles. The Bertz CT molecular complexity index is 521. The molecular weight excluding hydrogens is 280 g/mol. The van der Waals surface area contributed by atoms with E-state index >= 15 is 0 Å². The van der Waals surface area contributed by atoms with Gasteiger partial charge < -0.3 is 9.84 Å². The SMILES string of the molecule is COCCN(CCO)S(=O)(=O)c1cc(F)ccc1F. The second kappa shape index (κ2) is 6.90. The zero-order chi connectivity index (χ0) is 14.5. The van der Waals surface area contributed by atoms with Crippen LogP contribution in [0.2, 0.25) is 0 Å². The molecule has 0 saturated heterocycles. The van der Waals surface area contributed by atoms with Crippen molar-refractivity contribution in [3.63, 3.8) is 0 Å². The lowest BCUT2D eigenvalue weighted by Crippen LogP contribution is -2.36. The Morgan fingerprint density at radius 1 is 1.32 bits per heavy atom. The first-order valence-electron chi connectivity index (χ1n) is 5.48. The maximum absolute atomic E-state index is 13.5. The lowest BCUT2D eigenvalue weighted by Gasteiger charge is -2.21. The highest BCUT2D eigenvalue weighted by molar-refractivity contribution is 7.89. The van der Waals surface area contributed by atoms with Gasteiger partial charge in [-0.1, -0.05) is 0 Å². The third-order valence-electron chi connectivity index (χ3n) is 2.41. The zero-order valence-electron chi connectivity index (χ0n) is 10.3. The van der Waals surface area contributed by atoms with E-state index < -0.39 is 33.2 Å². The molecule has 5 nitrogen and oxygen atoms in total. The summed E-state index contributed by atoms with van der Waals surface area (Å²) < 4.78 is 56.5. The van der Waals surface area contributed by atoms with Gasteiger partial charge in [-0.15, -0.1) is 0 Å². The number of sulfonamides is 1. The molecule has 108 valence electrons. The third-order valence-corrected chi connectivity index (χ3v) is 4.32. The molecule has 0 radical (unpaired) electrons. The summed E-state index contributed by atoms with van der Waals surface area (Å²) in [6, 6.07) is 2.19. The molecule has 1 rings (SSSR count). The molecule has 0 aliphatic heterocycles. The van der Waals surface area contributed by atoms with E-state index in [2.05, 4.69) is 0 Å². The number of aliphatic hydroxyl groups is 1. The minimum Gasteiger partial charge on any atom is -0.395 e. The van der Waals surface area contributed by atoms with Gasteiger partial charge in [0.15, 0.2) is 0 Å². The van der Waals surface area contributed by atoms with Crippen molar-refractivity contribution in [2.45, 2.75) is 4.90 Å². The van der Waals surface area contributed by atoms with Crippen LogP contribution in [0, 0.1) is 11.6 Å². The van der Waals surface area contributed by atoms with Crippen LogP contribution in [0.3, 0.4) is 0 Å². The summed E-state index contributed by atoms with van der Waals surface area (Å²) in [7, 11) is -2.83. The molecule has 19 heavy (non-hydrogen) atoms. The Hall–Kier alpha value is -1.09. The van der Waals surface area contributed by atoms with Crippen LogP contribution in [0.5, 0.6) is 0 Å². The minimum absolute atomic E-state index is 0.0602. The average molecular weight is 295 g/mol. The Kier molecular flexibility index (Phi) is 5.80. The van der Waals surface area contributed by atoms with Gasteiger partial charge >= 0.3 is 0 Å². The molecule has 0 heterocycles. The van der Waals surface area contributed by atoms with Crippen LogP contribution in [0.25, 0.3) is 0 Å². The van der Waals surface area contributed by atoms with Crippen molar-refractivity contribution in [3.05, 3.63) is 29.8 Å². The molecule has 0 spiro atoms. The normalized spacial score (nSPS) is 12.1. The monoisotopic (exact) mass is 295 g/mol. The van der Waals surface area contributed by atoms with Gasteiger partial charge in [0.25, 0.3) is 0 Å². The van der Waals surface area contributed by atoms with Crippen molar-refractivity contribution < 1.29 is 27.0 Å². The summed E-state index contributed by atoms with van der Waals surface area (Å²) in [5.74, 6) is -1.89. The number of hydrogen-bond acceptors (Lipinski definition) is 4. The highest BCUT2D eigenvalue weighted by Crippen LogP contribution is 2.20. The first-order valence-corrected chi connectivity index (χ1v) is 6.92. The fourth-order valence-corrected chi connectivity index (χ4v) is 2.96. The van der Waals surface area contributed by atoms with Gasteiger partial charge in [-0.3, -0.25) is 0 Å². The molecule has 0 bridgehead atoms. The molecule has 1 N–H and O–H groups in total. The number of halogens is 2. The molecule has 0 fully saturated rings. The average Bonchev–Trinajstić information content (AvgIpc) is 2.37. The van der Waals surface area contributed by atoms with E-state index in [4.69, 9.17) is 9.84 Å². The van der Waals surface area contributed by atoms with Gasteiger partial charge in [0.2, 0.25) is 10.0 Å². The lowest BCUT2D eigenvalue weighted by atomic mass is 10.3. The van der Waals surface area contributed by atoms with Crippen LogP contribution in [0.4, 0.5) is 8.78 Å². The Morgan fingerprint density at radius 3 is 2.58 bits per heavy atom. The fraction of sp³-hybridized carbons (Fsp3) is 0.455. The van der Waals surface area contributed by atoms with Crippen molar-refractivity contribution in [2.24, 2.45) is 0 Å². The van der Waals surface area contributed by atoms with Crippen LogP contribution in [0.15, 0.2) is 23.1 Å². The summed E-state index contributed by atoms with van der Waals surface area (Å²) in [6.07, 6.45) is 0. The van der Waals surface area contributed by atoms with E-state index in [1.165, 1.54) is 7.11 Å². The number of ether oxygens (including phenoxy) is 1. The van der Waals surface area contributed by atoms with E-state index in [0.29, 0.717) is 6.07 Å². The van der Waals surface area contributed by atoms with Gasteiger partial charge in [-0.25, -0.2) is 17.2 Å². The Morgan fingerprint density at radius 2 is 2.00 bits per heavy atom. The number of hydrogen-bond donors (Lipinski definition) is 1. The molecule has 0 aromatic heterocycles. The molecule has 0 atom stereocenters. The van der Waals surface area contributed by atoms with Gasteiger partial charge in [0.1, 0.15) is 16.5 Å². The van der Waals surface area contributed by atoms with Gasteiger partial charge in [0, 0.05) is 20.2 Å². The van der Waals surface area contributed by atoms with Gasteiger partial charge in [-0.2, -0.15) is 4.31 Å². The smallest absolute Gasteiger partial charge is 0.246 e. The van der Waals surface area contributed by atoms with Gasteiger partial charge in [0.05, 0.1) is 13.2 Å². The molecule has 0 aliphatic carbocycles. The zero-order valence-corrected chi connectivity index (χ0v) is 11.2. The number of methoxy groups -OCH3 is 1. The Labute approximate surface area is 110 Å². The number of aliphatic hydroxyl groups excluding tert-OH is 1. The predicted octanol–water partition coefficient (Wildman–Crippen LogP) is 0.594. The van der Waals surface area contributed by atoms with Crippen LogP contribution in [-0.4, -0.2) is 51.2 Å². The standard InChI is InChI=1S/C11H15F2NO4S/c1-18-7-5-14(4-6-15)19(16,17)11-8-9(12)2-3-10(11)13/h2-3,8,15H,4-7H2,1H3. The van der Waals surface area contributed by atoms with Crippen molar-refractivity contribution in [1.82, 2.24) is 4.31 Å². The van der Waals surface area contributed by atoms with E-state index in [9.17, 15) is 17.2 Å². The van der Waals surface area contributed by atoms with E-state index in [1.54, 1.807) is 0 Å². The van der Waals surface area contributed by atoms with Crippen LogP contribution in [-0.2, 0) is 14.8 Å². The summed E-state index contributed by atoms with van der Waals surface area (Å²) in [4.78, 5) is -0.753. The number of nitrogens with zero attached hydrogens (tertiary/aromatic N) is 1. The minimum atomic E-state index is -4.21. The Balaban J connectivity index is 3.14. The third kappa shape index (κ3) is 3.93. The van der Waals surface area contributed by atoms with Crippen LogP contribution >= 0.6 is 0 Å².